The van der Waals surface area contributed by atoms with Crippen LogP contribution in [0.25, 0.3) is 0 Å². The molecule has 3 heteroatoms. The number of hydrogen-bond donors (Lipinski definition) is 0. The third kappa shape index (κ3) is 4.42. The first kappa shape index (κ1) is 15.7. The smallest absolute Gasteiger partial charge is 0.123 e. The fraction of sp³-hybridized carbons (Fsp3) is 0.294. The van der Waals surface area contributed by atoms with Crippen molar-refractivity contribution < 1.29 is 4.39 Å². The molecule has 0 heterocycles. The van der Waals surface area contributed by atoms with Crippen molar-refractivity contribution >= 4 is 31.9 Å². The number of halogens is 3. The minimum Gasteiger partial charge on any atom is -0.207 e. The minimum atomic E-state index is -0.174. The molecule has 0 saturated carbocycles. The summed E-state index contributed by atoms with van der Waals surface area (Å²) in [6.07, 6.45) is 1.85. The fourth-order valence-electron chi connectivity index (χ4n) is 2.25. The van der Waals surface area contributed by atoms with E-state index in [2.05, 4.69) is 63.0 Å². The number of benzene rings is 2. The Balaban J connectivity index is 2.08. The average Bonchev–Trinajstić information content (AvgIpc) is 2.44. The van der Waals surface area contributed by atoms with Crippen LogP contribution in [-0.4, -0.2) is 5.33 Å². The average molecular weight is 400 g/mol. The lowest BCUT2D eigenvalue weighted by Gasteiger charge is -2.15. The van der Waals surface area contributed by atoms with E-state index in [0.717, 1.165) is 28.2 Å². The van der Waals surface area contributed by atoms with Crippen molar-refractivity contribution in [3.8, 4) is 0 Å². The molecule has 0 aliphatic heterocycles. The maximum atomic E-state index is 13.3. The van der Waals surface area contributed by atoms with Gasteiger partial charge in [0.05, 0.1) is 0 Å². The summed E-state index contributed by atoms with van der Waals surface area (Å²) in [5.74, 6) is 0.280. The quantitative estimate of drug-likeness (QED) is 0.566. The van der Waals surface area contributed by atoms with Gasteiger partial charge < -0.3 is 0 Å². The van der Waals surface area contributed by atoms with Crippen molar-refractivity contribution in [3.63, 3.8) is 0 Å². The van der Waals surface area contributed by atoms with E-state index in [9.17, 15) is 4.39 Å². The number of rotatable bonds is 5. The summed E-state index contributed by atoms with van der Waals surface area (Å²) in [5.41, 5.74) is 3.63. The highest BCUT2D eigenvalue weighted by Crippen LogP contribution is 2.24. The van der Waals surface area contributed by atoms with Crippen LogP contribution in [0.3, 0.4) is 0 Å². The second-order valence-corrected chi connectivity index (χ2v) is 6.65. The summed E-state index contributed by atoms with van der Waals surface area (Å²) in [4.78, 5) is 0. The predicted octanol–water partition coefficient (Wildman–Crippen LogP) is 5.69. The van der Waals surface area contributed by atoms with Gasteiger partial charge in [0.1, 0.15) is 5.82 Å². The Bertz CT molecular complexity index is 564. The first-order valence-corrected chi connectivity index (χ1v) is 8.55. The number of alkyl halides is 1. The summed E-state index contributed by atoms with van der Waals surface area (Å²) in [5, 5.41) is 0.907. The zero-order valence-corrected chi connectivity index (χ0v) is 14.5. The zero-order chi connectivity index (χ0) is 14.5. The molecule has 2 rings (SSSR count). The van der Waals surface area contributed by atoms with E-state index in [0.29, 0.717) is 5.92 Å². The predicted molar refractivity (Wildman–Crippen MR) is 90.0 cm³/mol. The van der Waals surface area contributed by atoms with Gasteiger partial charge in [-0.2, -0.15) is 0 Å². The van der Waals surface area contributed by atoms with Gasteiger partial charge in [-0.25, -0.2) is 4.39 Å². The van der Waals surface area contributed by atoms with E-state index in [1.807, 2.05) is 0 Å². The molecule has 0 radical (unpaired) electrons. The Kier molecular flexibility index (Phi) is 5.79. The zero-order valence-electron chi connectivity index (χ0n) is 11.4. The molecular formula is C17H17Br2F. The van der Waals surface area contributed by atoms with Gasteiger partial charge in [0.25, 0.3) is 0 Å². The summed E-state index contributed by atoms with van der Waals surface area (Å²) in [6.45, 7) is 2.09. The molecule has 106 valence electrons. The summed E-state index contributed by atoms with van der Waals surface area (Å²) in [6, 6.07) is 13.5. The molecule has 2 aromatic rings. The van der Waals surface area contributed by atoms with Crippen LogP contribution in [0.15, 0.2) is 46.9 Å². The van der Waals surface area contributed by atoms with Gasteiger partial charge in [0, 0.05) is 9.80 Å². The highest BCUT2D eigenvalue weighted by molar-refractivity contribution is 9.10. The highest BCUT2D eigenvalue weighted by atomic mass is 79.9. The molecule has 0 amide bonds. The summed E-state index contributed by atoms with van der Waals surface area (Å²) in [7, 11) is 0. The number of aryl methyl sites for hydroxylation is 1. The first-order chi connectivity index (χ1) is 9.58. The normalized spacial score (nSPS) is 12.4. The Morgan fingerprint density at radius 2 is 1.75 bits per heavy atom. The molecule has 2 aromatic carbocycles. The van der Waals surface area contributed by atoms with Crippen LogP contribution in [0, 0.1) is 18.7 Å². The van der Waals surface area contributed by atoms with Gasteiger partial charge in [-0.05, 0) is 55.0 Å². The molecule has 0 nitrogen and oxygen atoms in total. The molecule has 0 spiro atoms. The van der Waals surface area contributed by atoms with Crippen LogP contribution in [0.5, 0.6) is 0 Å². The topological polar surface area (TPSA) is 0 Å². The van der Waals surface area contributed by atoms with Gasteiger partial charge >= 0.3 is 0 Å². The summed E-state index contributed by atoms with van der Waals surface area (Å²) < 4.78 is 14.3. The van der Waals surface area contributed by atoms with E-state index in [1.165, 1.54) is 17.2 Å². The Hall–Kier alpha value is -0.670. The van der Waals surface area contributed by atoms with E-state index in [-0.39, 0.29) is 5.82 Å². The molecule has 0 aliphatic rings. The monoisotopic (exact) mass is 398 g/mol. The molecule has 0 bridgehead atoms. The van der Waals surface area contributed by atoms with Crippen LogP contribution in [0.1, 0.15) is 16.7 Å². The third-order valence-electron chi connectivity index (χ3n) is 3.38. The lowest BCUT2D eigenvalue weighted by Crippen LogP contribution is -2.10. The standard InChI is InChI=1S/C17H17Br2F/c1-12-2-4-13(5-3-12)8-14(11-18)9-15-10-16(20)6-7-17(15)19/h2-7,10,14H,8-9,11H2,1H3. The second kappa shape index (κ2) is 7.37. The molecule has 1 unspecified atom stereocenters. The van der Waals surface area contributed by atoms with Crippen molar-refractivity contribution in [3.05, 3.63) is 69.4 Å². The van der Waals surface area contributed by atoms with Crippen molar-refractivity contribution in [2.75, 3.05) is 5.33 Å². The van der Waals surface area contributed by atoms with Crippen LogP contribution in [0.2, 0.25) is 0 Å². The molecule has 20 heavy (non-hydrogen) atoms. The Morgan fingerprint density at radius 1 is 1.05 bits per heavy atom. The van der Waals surface area contributed by atoms with Crippen LogP contribution in [0.4, 0.5) is 4.39 Å². The van der Waals surface area contributed by atoms with E-state index >= 15 is 0 Å². The third-order valence-corrected chi connectivity index (χ3v) is 5.07. The summed E-state index contributed by atoms with van der Waals surface area (Å²) >= 11 is 7.08. The first-order valence-electron chi connectivity index (χ1n) is 6.64. The van der Waals surface area contributed by atoms with Crippen molar-refractivity contribution in [2.45, 2.75) is 19.8 Å². The maximum absolute atomic E-state index is 13.3. The molecule has 0 fully saturated rings. The van der Waals surface area contributed by atoms with Crippen LogP contribution >= 0.6 is 31.9 Å². The van der Waals surface area contributed by atoms with Gasteiger partial charge in [-0.15, -0.1) is 0 Å². The van der Waals surface area contributed by atoms with Gasteiger partial charge in [0.2, 0.25) is 0 Å². The van der Waals surface area contributed by atoms with Gasteiger partial charge in [0.15, 0.2) is 0 Å². The molecule has 0 aliphatic carbocycles. The van der Waals surface area contributed by atoms with Crippen molar-refractivity contribution in [1.82, 2.24) is 0 Å². The van der Waals surface area contributed by atoms with Gasteiger partial charge in [-0.3, -0.25) is 0 Å². The lowest BCUT2D eigenvalue weighted by molar-refractivity contribution is 0.581. The van der Waals surface area contributed by atoms with E-state index in [4.69, 9.17) is 0 Å². The molecule has 0 aromatic heterocycles. The largest absolute Gasteiger partial charge is 0.207 e. The van der Waals surface area contributed by atoms with Gasteiger partial charge in [-0.1, -0.05) is 61.7 Å². The van der Waals surface area contributed by atoms with E-state index in [1.54, 1.807) is 12.1 Å². The van der Waals surface area contributed by atoms with Crippen LogP contribution in [-0.2, 0) is 12.8 Å². The van der Waals surface area contributed by atoms with Crippen molar-refractivity contribution in [2.24, 2.45) is 5.92 Å². The van der Waals surface area contributed by atoms with Crippen LogP contribution < -0.4 is 0 Å². The minimum absolute atomic E-state index is 0.174. The lowest BCUT2D eigenvalue weighted by atomic mass is 9.94. The number of hydrogen-bond acceptors (Lipinski definition) is 0. The fourth-order valence-corrected chi connectivity index (χ4v) is 3.12. The molecule has 0 saturated heterocycles. The molecule has 1 atom stereocenters. The van der Waals surface area contributed by atoms with E-state index < -0.39 is 0 Å². The molecule has 0 N–H and O–H groups in total. The van der Waals surface area contributed by atoms with Crippen molar-refractivity contribution in [1.29, 1.82) is 0 Å². The Morgan fingerprint density at radius 3 is 2.40 bits per heavy atom. The highest BCUT2D eigenvalue weighted by Gasteiger charge is 2.12. The maximum Gasteiger partial charge on any atom is 0.123 e. The Labute approximate surface area is 136 Å². The SMILES string of the molecule is Cc1ccc(CC(CBr)Cc2cc(F)ccc2Br)cc1. The second-order valence-electron chi connectivity index (χ2n) is 5.15. The molecular weight excluding hydrogens is 383 g/mol.